The number of fused-ring (bicyclic) bond motifs is 2. The van der Waals surface area contributed by atoms with Gasteiger partial charge >= 0.3 is 6.09 Å². The van der Waals surface area contributed by atoms with Crippen LogP contribution >= 0.6 is 0 Å². The molecule has 1 fully saturated rings. The van der Waals surface area contributed by atoms with E-state index in [2.05, 4.69) is 5.16 Å². The summed E-state index contributed by atoms with van der Waals surface area (Å²) in [6, 6.07) is 4.60. The van der Waals surface area contributed by atoms with Crippen molar-refractivity contribution in [3.05, 3.63) is 35.1 Å². The molecule has 1 spiro atoms. The van der Waals surface area contributed by atoms with Gasteiger partial charge in [0.1, 0.15) is 11.4 Å². The van der Waals surface area contributed by atoms with Gasteiger partial charge in [0.25, 0.3) is 0 Å². The van der Waals surface area contributed by atoms with Crippen molar-refractivity contribution in [2.24, 2.45) is 5.16 Å². The van der Waals surface area contributed by atoms with Gasteiger partial charge in [-0.3, -0.25) is 0 Å². The number of hydrogen-bond acceptors (Lipinski definition) is 4. The van der Waals surface area contributed by atoms with Crippen LogP contribution in [0.2, 0.25) is 0 Å². The summed E-state index contributed by atoms with van der Waals surface area (Å²) in [5, 5.41) is 12.7. The summed E-state index contributed by atoms with van der Waals surface area (Å²) in [6.07, 6.45) is 1.65. The van der Waals surface area contributed by atoms with Crippen LogP contribution in [0.4, 0.5) is 9.18 Å². The molecule has 1 heterocycles. The van der Waals surface area contributed by atoms with E-state index in [-0.39, 0.29) is 17.3 Å². The molecule has 1 aliphatic heterocycles. The minimum absolute atomic E-state index is 0.266. The summed E-state index contributed by atoms with van der Waals surface area (Å²) < 4.78 is 19.2. The van der Waals surface area contributed by atoms with Gasteiger partial charge in [-0.2, -0.15) is 0 Å². The van der Waals surface area contributed by atoms with Gasteiger partial charge < -0.3 is 14.8 Å². The number of oxime groups is 1. The van der Waals surface area contributed by atoms with Crippen LogP contribution in [-0.4, -0.2) is 40.6 Å². The Morgan fingerprint density at radius 2 is 2.00 bits per heavy atom. The first-order valence-electron chi connectivity index (χ1n) is 8.23. The van der Waals surface area contributed by atoms with Crippen LogP contribution in [0, 0.1) is 5.82 Å². The SMILES string of the molecule is CC(C)(C)OC(=O)N1CCC2(CC1)C/C(=N\O)c1ccc(F)cc12. The molecule has 0 aromatic heterocycles. The largest absolute Gasteiger partial charge is 0.444 e. The van der Waals surface area contributed by atoms with E-state index >= 15 is 0 Å². The maximum Gasteiger partial charge on any atom is 0.410 e. The zero-order valence-corrected chi connectivity index (χ0v) is 14.3. The van der Waals surface area contributed by atoms with Gasteiger partial charge in [0.05, 0.1) is 5.71 Å². The van der Waals surface area contributed by atoms with Crippen molar-refractivity contribution in [3.63, 3.8) is 0 Å². The summed E-state index contributed by atoms with van der Waals surface area (Å²) in [7, 11) is 0. The van der Waals surface area contributed by atoms with Crippen LogP contribution in [0.3, 0.4) is 0 Å². The first-order valence-corrected chi connectivity index (χ1v) is 8.23. The lowest BCUT2D eigenvalue weighted by Crippen LogP contribution is -2.46. The molecule has 0 saturated carbocycles. The highest BCUT2D eigenvalue weighted by molar-refractivity contribution is 6.05. The van der Waals surface area contributed by atoms with Crippen molar-refractivity contribution in [2.75, 3.05) is 13.1 Å². The van der Waals surface area contributed by atoms with Crippen LogP contribution in [0.15, 0.2) is 23.4 Å². The summed E-state index contributed by atoms with van der Waals surface area (Å²) in [5.41, 5.74) is 1.50. The monoisotopic (exact) mass is 334 g/mol. The maximum absolute atomic E-state index is 13.7. The molecule has 5 nitrogen and oxygen atoms in total. The third kappa shape index (κ3) is 2.97. The van der Waals surface area contributed by atoms with E-state index in [1.807, 2.05) is 20.8 Å². The van der Waals surface area contributed by atoms with E-state index in [4.69, 9.17) is 4.74 Å². The van der Waals surface area contributed by atoms with Crippen molar-refractivity contribution < 1.29 is 19.1 Å². The summed E-state index contributed by atoms with van der Waals surface area (Å²) in [4.78, 5) is 13.9. The Hall–Kier alpha value is -2.11. The number of carbonyl (C=O) groups excluding carboxylic acids is 1. The fraction of sp³-hybridized carbons (Fsp3) is 0.556. The number of ether oxygens (including phenoxy) is 1. The fourth-order valence-corrected chi connectivity index (χ4v) is 3.70. The van der Waals surface area contributed by atoms with E-state index in [1.54, 1.807) is 11.0 Å². The first-order chi connectivity index (χ1) is 11.2. The molecular weight excluding hydrogens is 311 g/mol. The Morgan fingerprint density at radius 3 is 2.58 bits per heavy atom. The topological polar surface area (TPSA) is 62.1 Å². The second-order valence-corrected chi connectivity index (χ2v) is 7.66. The molecular formula is C18H23FN2O3. The zero-order valence-electron chi connectivity index (χ0n) is 14.3. The lowest BCUT2D eigenvalue weighted by atomic mass is 9.74. The second kappa shape index (κ2) is 5.76. The van der Waals surface area contributed by atoms with Gasteiger partial charge in [0.15, 0.2) is 0 Å². The van der Waals surface area contributed by atoms with E-state index < -0.39 is 5.60 Å². The maximum atomic E-state index is 13.7. The van der Waals surface area contributed by atoms with Gasteiger partial charge in [0, 0.05) is 30.5 Å². The summed E-state index contributed by atoms with van der Waals surface area (Å²) in [5.74, 6) is -0.290. The van der Waals surface area contributed by atoms with Gasteiger partial charge in [-0.15, -0.1) is 0 Å². The third-order valence-corrected chi connectivity index (χ3v) is 4.86. The number of piperidine rings is 1. The average Bonchev–Trinajstić information content (AvgIpc) is 2.80. The molecule has 130 valence electrons. The molecule has 1 saturated heterocycles. The molecule has 0 bridgehead atoms. The molecule has 2 aliphatic rings. The molecule has 24 heavy (non-hydrogen) atoms. The van der Waals surface area contributed by atoms with Crippen molar-refractivity contribution in [3.8, 4) is 0 Å². The van der Waals surface area contributed by atoms with Crippen LogP contribution in [0.25, 0.3) is 0 Å². The molecule has 1 aromatic carbocycles. The van der Waals surface area contributed by atoms with Crippen LogP contribution in [0.5, 0.6) is 0 Å². The molecule has 1 aliphatic carbocycles. The summed E-state index contributed by atoms with van der Waals surface area (Å²) >= 11 is 0. The zero-order chi connectivity index (χ0) is 17.5. The quantitative estimate of drug-likeness (QED) is 0.581. The number of benzene rings is 1. The predicted molar refractivity (Wildman–Crippen MR) is 88.1 cm³/mol. The number of nitrogens with zero attached hydrogens (tertiary/aromatic N) is 2. The van der Waals surface area contributed by atoms with Gasteiger partial charge in [-0.1, -0.05) is 5.16 Å². The second-order valence-electron chi connectivity index (χ2n) is 7.66. The Balaban J connectivity index is 1.79. The Bertz CT molecular complexity index is 686. The average molecular weight is 334 g/mol. The fourth-order valence-electron chi connectivity index (χ4n) is 3.70. The van der Waals surface area contributed by atoms with E-state index in [0.717, 1.165) is 11.1 Å². The molecule has 0 atom stereocenters. The van der Waals surface area contributed by atoms with Crippen molar-refractivity contribution in [1.29, 1.82) is 0 Å². The standard InChI is InChI=1S/C18H23FN2O3/c1-17(2,3)24-16(22)21-8-6-18(7-9-21)11-15(20-23)13-5-4-12(19)10-14(13)18/h4-5,10,23H,6-9,11H2,1-3H3/b20-15+. The van der Waals surface area contributed by atoms with Gasteiger partial charge in [-0.05, 0) is 57.4 Å². The van der Waals surface area contributed by atoms with Crippen molar-refractivity contribution in [1.82, 2.24) is 4.90 Å². The van der Waals surface area contributed by atoms with Gasteiger partial charge in [0.2, 0.25) is 0 Å². The van der Waals surface area contributed by atoms with Crippen molar-refractivity contribution in [2.45, 2.75) is 51.0 Å². The molecule has 1 amide bonds. The van der Waals surface area contributed by atoms with Crippen molar-refractivity contribution >= 4 is 11.8 Å². The number of hydrogen-bond donors (Lipinski definition) is 1. The lowest BCUT2D eigenvalue weighted by Gasteiger charge is -2.40. The Kier molecular flexibility index (Phi) is 4.01. The van der Waals surface area contributed by atoms with Crippen LogP contribution in [0.1, 0.15) is 51.2 Å². The third-order valence-electron chi connectivity index (χ3n) is 4.86. The highest BCUT2D eigenvalue weighted by Gasteiger charge is 2.45. The predicted octanol–water partition coefficient (Wildman–Crippen LogP) is 3.68. The molecule has 1 N–H and O–H groups in total. The number of likely N-dealkylation sites (tertiary alicyclic amines) is 1. The van der Waals surface area contributed by atoms with E-state index in [0.29, 0.717) is 38.1 Å². The normalized spacial score (nSPS) is 21.2. The van der Waals surface area contributed by atoms with Crippen LogP contribution in [-0.2, 0) is 10.2 Å². The number of amides is 1. The van der Waals surface area contributed by atoms with E-state index in [1.165, 1.54) is 12.1 Å². The minimum Gasteiger partial charge on any atom is -0.444 e. The molecule has 3 rings (SSSR count). The molecule has 6 heteroatoms. The van der Waals surface area contributed by atoms with E-state index in [9.17, 15) is 14.4 Å². The molecule has 0 radical (unpaired) electrons. The molecule has 0 unspecified atom stereocenters. The lowest BCUT2D eigenvalue weighted by molar-refractivity contribution is 0.0168. The smallest absolute Gasteiger partial charge is 0.410 e. The number of halogens is 1. The highest BCUT2D eigenvalue weighted by Crippen LogP contribution is 2.46. The minimum atomic E-state index is -0.522. The number of carbonyl (C=O) groups is 1. The Morgan fingerprint density at radius 1 is 1.33 bits per heavy atom. The first kappa shape index (κ1) is 16.7. The number of rotatable bonds is 0. The van der Waals surface area contributed by atoms with Gasteiger partial charge in [-0.25, -0.2) is 9.18 Å². The summed E-state index contributed by atoms with van der Waals surface area (Å²) in [6.45, 7) is 6.62. The van der Waals surface area contributed by atoms with Crippen LogP contribution < -0.4 is 0 Å². The molecule has 1 aromatic rings. The highest BCUT2D eigenvalue weighted by atomic mass is 19.1. The Labute approximate surface area is 141 Å².